The monoisotopic (exact) mass is 1320 g/mol. The van der Waals surface area contributed by atoms with Gasteiger partial charge in [0.25, 0.3) is 6.71 Å². The molecule has 0 unspecified atom stereocenters. The molecule has 15 aromatic carbocycles. The molecule has 0 amide bonds. The van der Waals surface area contributed by atoms with Crippen molar-refractivity contribution in [2.24, 2.45) is 0 Å². The zero-order chi connectivity index (χ0) is 73.9. The van der Waals surface area contributed by atoms with Crippen LogP contribution in [0.5, 0.6) is 11.5 Å². The first-order chi connectivity index (χ1) is 52.5. The fourth-order valence-corrected chi connectivity index (χ4v) is 25.8. The van der Waals surface area contributed by atoms with Gasteiger partial charge in [-0.3, -0.25) is 0 Å². The highest BCUT2D eigenvalue weighted by Crippen LogP contribution is 2.47. The molecule has 0 radical (unpaired) electrons. The molecule has 3 heterocycles. The van der Waals surface area contributed by atoms with Crippen molar-refractivity contribution in [2.45, 2.75) is 26.2 Å². The Balaban J connectivity index is 0.999. The fourth-order valence-electron chi connectivity index (χ4n) is 16.2. The average molecular weight is 1320 g/mol. The lowest BCUT2D eigenvalue weighted by atomic mass is 9.34. The summed E-state index contributed by atoms with van der Waals surface area (Å²) in [6.45, 7) is 6.19. The van der Waals surface area contributed by atoms with Crippen molar-refractivity contribution in [1.82, 2.24) is 4.57 Å². The number of ether oxygens (including phenoxy) is 1. The maximum absolute atomic E-state index is 9.94. The topological polar surface area (TPSA) is 17.4 Å². The van der Waals surface area contributed by atoms with E-state index in [1.54, 1.807) is 4.57 Å². The van der Waals surface area contributed by atoms with Crippen molar-refractivity contribution in [3.8, 4) is 50.6 Å². The Bertz CT molecular complexity index is 6090. The first kappa shape index (κ1) is 52.3. The molecular formula is C94H71BN2OSi2. The molecule has 0 fully saturated rings. The van der Waals surface area contributed by atoms with Crippen molar-refractivity contribution in [1.29, 1.82) is 0 Å². The van der Waals surface area contributed by atoms with Crippen LogP contribution in [-0.2, 0) is 5.41 Å². The highest BCUT2D eigenvalue weighted by Gasteiger charge is 2.48. The van der Waals surface area contributed by atoms with E-state index in [0.717, 1.165) is 77.1 Å². The third kappa shape index (κ3) is 9.92. The fraction of sp³-hybridized carbons (Fsp3) is 0.0426. The standard InChI is InChI=1S/C94H71BN2OSi2/c1-94(2,3)71-53-58-88(83(61-71)68-35-15-6-16-36-68)97-89-64-79(99(73-39-17-7-18-40-73,74-41-19-8-20-42-74)77-47-29-37-69(59-77)66-31-11-4-12-32-66)54-56-84(89)95-85-57-55-80(65-91(85)98-92-63-72(62-90(97)93(92)95)96-86-51-27-25-49-81(86)82-50-26-28-52-87(82)96)100(75-43-21-9-22-44-75,76-45-23-10-24-46-76)78-48-30-38-70(60-78)67-33-13-5-14-34-67/h4-65H,1-3H3/i25D,26D,27D,28D,49D,50D,51D,52D. The van der Waals surface area contributed by atoms with E-state index in [-0.39, 0.29) is 27.2 Å². The minimum Gasteiger partial charge on any atom is -0.458 e. The summed E-state index contributed by atoms with van der Waals surface area (Å²) in [4.78, 5) is 2.38. The molecule has 6 heteroatoms. The predicted molar refractivity (Wildman–Crippen MR) is 429 cm³/mol. The van der Waals surface area contributed by atoms with E-state index in [4.69, 9.17) is 7.48 Å². The molecule has 0 spiro atoms. The first-order valence-electron chi connectivity index (χ1n) is 38.3. The SMILES string of the molecule is [2H]c1c([2H])c([2H])c2c(c1[2H])c1c([2H])c([2H])c([2H])c([2H])c1n2-c1cc2c3c(c1)N(c1ccc(C(C)(C)C)cc1-c1ccccc1)c1cc([Si](c4ccccc4)(c4ccccc4)c4cccc(-c5ccccc5)c4)ccc1B3c1ccc([Si](c3ccccc3)(c3ccccc3)c3cccc(-c4ccccc4)c3)cc1O2. The van der Waals surface area contributed by atoms with E-state index in [2.05, 4.69) is 335 Å². The first-order valence-corrected chi connectivity index (χ1v) is 38.3. The molecule has 3 nitrogen and oxygen atoms in total. The van der Waals surface area contributed by atoms with Gasteiger partial charge in [0.1, 0.15) is 11.5 Å². The third-order valence-electron chi connectivity index (χ3n) is 20.7. The Morgan fingerprint density at radius 2 is 0.750 bits per heavy atom. The summed E-state index contributed by atoms with van der Waals surface area (Å²) in [6.07, 6.45) is 0. The maximum atomic E-state index is 9.94. The maximum Gasteiger partial charge on any atom is 0.256 e. The van der Waals surface area contributed by atoms with Crippen LogP contribution in [0.4, 0.5) is 17.1 Å². The van der Waals surface area contributed by atoms with Crippen LogP contribution in [0.2, 0.25) is 0 Å². The lowest BCUT2D eigenvalue weighted by Crippen LogP contribution is -2.75. The second kappa shape index (κ2) is 24.6. The number of anilines is 3. The van der Waals surface area contributed by atoms with Crippen LogP contribution in [0.1, 0.15) is 37.3 Å². The molecule has 100 heavy (non-hydrogen) atoms. The van der Waals surface area contributed by atoms with Gasteiger partial charge in [0, 0.05) is 33.8 Å². The largest absolute Gasteiger partial charge is 0.458 e. The van der Waals surface area contributed by atoms with Gasteiger partial charge in [0.2, 0.25) is 0 Å². The molecule has 18 rings (SSSR count). The molecule has 0 saturated carbocycles. The van der Waals surface area contributed by atoms with Gasteiger partial charge in [0.15, 0.2) is 16.1 Å². The van der Waals surface area contributed by atoms with Crippen LogP contribution in [0, 0.1) is 0 Å². The molecule has 0 atom stereocenters. The zero-order valence-corrected chi connectivity index (χ0v) is 57.6. The quantitative estimate of drug-likeness (QED) is 0.0846. The van der Waals surface area contributed by atoms with Crippen molar-refractivity contribution in [3.05, 3.63) is 381 Å². The summed E-state index contributed by atoms with van der Waals surface area (Å²) in [5.74, 6) is 1.09. The van der Waals surface area contributed by atoms with Crippen LogP contribution in [-0.4, -0.2) is 27.4 Å². The zero-order valence-electron chi connectivity index (χ0n) is 63.6. The third-order valence-corrected chi connectivity index (χ3v) is 30.2. The number of rotatable bonds is 13. The number of nitrogens with zero attached hydrogens (tertiary/aromatic N) is 2. The van der Waals surface area contributed by atoms with Crippen molar-refractivity contribution in [3.63, 3.8) is 0 Å². The lowest BCUT2D eigenvalue weighted by molar-refractivity contribution is 0.487. The van der Waals surface area contributed by atoms with E-state index in [0.29, 0.717) is 22.9 Å². The molecule has 0 bridgehead atoms. The van der Waals surface area contributed by atoms with Gasteiger partial charge in [-0.15, -0.1) is 0 Å². The van der Waals surface area contributed by atoms with E-state index < -0.39 is 71.2 Å². The van der Waals surface area contributed by atoms with E-state index in [9.17, 15) is 8.22 Å². The van der Waals surface area contributed by atoms with E-state index >= 15 is 0 Å². The number of hydrogen-bond donors (Lipinski definition) is 0. The van der Waals surface area contributed by atoms with Gasteiger partial charge >= 0.3 is 0 Å². The normalized spacial score (nSPS) is 13.7. The number of benzene rings is 15. The minimum absolute atomic E-state index is 0.00762. The molecule has 2 aliphatic rings. The van der Waals surface area contributed by atoms with Crippen LogP contribution in [0.3, 0.4) is 0 Å². The van der Waals surface area contributed by atoms with Gasteiger partial charge in [-0.05, 0) is 139 Å². The van der Waals surface area contributed by atoms with Gasteiger partial charge < -0.3 is 14.2 Å². The van der Waals surface area contributed by atoms with Crippen molar-refractivity contribution in [2.75, 3.05) is 4.90 Å². The summed E-state index contributed by atoms with van der Waals surface area (Å²) >= 11 is 0. The van der Waals surface area contributed by atoms with Crippen molar-refractivity contribution < 1.29 is 15.7 Å². The van der Waals surface area contributed by atoms with Crippen LogP contribution in [0.25, 0.3) is 60.9 Å². The Hall–Kier alpha value is -11.8. The Morgan fingerprint density at radius 1 is 0.330 bits per heavy atom. The van der Waals surface area contributed by atoms with Crippen molar-refractivity contribution >= 4 is 120 Å². The number of fused-ring (bicyclic) bond motifs is 7. The minimum atomic E-state index is -3.46. The van der Waals surface area contributed by atoms with Gasteiger partial charge in [-0.25, -0.2) is 0 Å². The summed E-state index contributed by atoms with van der Waals surface area (Å²) in [5, 5.41) is 9.28. The molecule has 0 saturated heterocycles. The number of aromatic nitrogens is 1. The summed E-state index contributed by atoms with van der Waals surface area (Å²) in [7, 11) is -6.83. The van der Waals surface area contributed by atoms with E-state index in [1.165, 1.54) is 31.1 Å². The molecule has 16 aromatic rings. The second-order valence-corrected chi connectivity index (χ2v) is 34.9. The molecule has 0 N–H and O–H groups in total. The molecule has 1 aromatic heterocycles. The van der Waals surface area contributed by atoms with Gasteiger partial charge in [-0.2, -0.15) is 0 Å². The van der Waals surface area contributed by atoms with Gasteiger partial charge in [0.05, 0.1) is 33.4 Å². The molecule has 0 aliphatic carbocycles. The summed E-state index contributed by atoms with van der Waals surface area (Å²) in [5.41, 5.74) is 12.9. The highest BCUT2D eigenvalue weighted by atomic mass is 28.3. The average Bonchev–Trinajstić information content (AvgIpc) is 1.20. The Morgan fingerprint density at radius 3 is 1.24 bits per heavy atom. The predicted octanol–water partition coefficient (Wildman–Crippen LogP) is 16.2. The van der Waals surface area contributed by atoms with Gasteiger partial charge in [-0.1, -0.05) is 348 Å². The van der Waals surface area contributed by atoms with E-state index in [1.807, 2.05) is 18.2 Å². The number of hydrogen-bond acceptors (Lipinski definition) is 2. The smallest absolute Gasteiger partial charge is 0.256 e. The Labute approximate surface area is 599 Å². The second-order valence-electron chi connectivity index (χ2n) is 27.3. The number of para-hydroxylation sites is 2. The lowest BCUT2D eigenvalue weighted by Gasteiger charge is -2.43. The van der Waals surface area contributed by atoms with Crippen LogP contribution >= 0.6 is 0 Å². The molecule has 474 valence electrons. The molecular weight excluding hydrogens is 1240 g/mol. The van der Waals surface area contributed by atoms with Crippen LogP contribution < -0.4 is 67.5 Å². The summed E-state index contributed by atoms with van der Waals surface area (Å²) < 4.78 is 85.7. The highest BCUT2D eigenvalue weighted by molar-refractivity contribution is 7.20. The molecule has 2 aliphatic heterocycles. The Kier molecular flexibility index (Phi) is 12.9. The summed E-state index contributed by atoms with van der Waals surface area (Å²) in [6, 6.07) is 115. The van der Waals surface area contributed by atoms with Crippen LogP contribution in [0.15, 0.2) is 376 Å².